The van der Waals surface area contributed by atoms with E-state index in [4.69, 9.17) is 15.2 Å². The molecule has 2 N–H and O–H groups in total. The molecule has 2 rings (SSSR count). The Morgan fingerprint density at radius 2 is 1.68 bits per heavy atom. The fourth-order valence-electron chi connectivity index (χ4n) is 3.57. The van der Waals surface area contributed by atoms with E-state index in [0.717, 1.165) is 43.9 Å². The van der Waals surface area contributed by atoms with Gasteiger partial charge in [0, 0.05) is 19.0 Å². The molecule has 0 spiro atoms. The molecule has 1 aliphatic rings. The maximum atomic E-state index is 10.7. The van der Waals surface area contributed by atoms with Crippen molar-refractivity contribution in [3.05, 3.63) is 23.3 Å². The SMILES string of the molecule is COc1cc2c(cc1OC)CN(CCCCCCCC(N)=O)C(C)C2. The van der Waals surface area contributed by atoms with Gasteiger partial charge in [-0.1, -0.05) is 19.3 Å². The first-order valence-electron chi connectivity index (χ1n) is 9.31. The van der Waals surface area contributed by atoms with Gasteiger partial charge in [0.15, 0.2) is 11.5 Å². The molecule has 1 heterocycles. The molecule has 0 aliphatic carbocycles. The number of carbonyl (C=O) groups excluding carboxylic acids is 1. The summed E-state index contributed by atoms with van der Waals surface area (Å²) in [6.45, 7) is 4.38. The van der Waals surface area contributed by atoms with Gasteiger partial charge in [-0.3, -0.25) is 9.69 Å². The van der Waals surface area contributed by atoms with Crippen LogP contribution in [0.1, 0.15) is 56.6 Å². The van der Waals surface area contributed by atoms with Crippen molar-refractivity contribution in [2.75, 3.05) is 20.8 Å². The third-order valence-corrected chi connectivity index (χ3v) is 5.09. The van der Waals surface area contributed by atoms with Crippen LogP contribution in [0, 0.1) is 0 Å². The molecule has 5 nitrogen and oxygen atoms in total. The monoisotopic (exact) mass is 348 g/mol. The fourth-order valence-corrected chi connectivity index (χ4v) is 3.57. The van der Waals surface area contributed by atoms with Crippen molar-refractivity contribution in [2.45, 2.75) is 64.5 Å². The third-order valence-electron chi connectivity index (χ3n) is 5.09. The maximum Gasteiger partial charge on any atom is 0.217 e. The summed E-state index contributed by atoms with van der Waals surface area (Å²) >= 11 is 0. The predicted octanol–water partition coefficient (Wildman–Crippen LogP) is 3.28. The summed E-state index contributed by atoms with van der Waals surface area (Å²) in [6.07, 6.45) is 7.17. The number of benzene rings is 1. The van der Waals surface area contributed by atoms with Gasteiger partial charge in [-0.2, -0.15) is 0 Å². The number of hydrogen-bond acceptors (Lipinski definition) is 4. The molecule has 1 unspecified atom stereocenters. The van der Waals surface area contributed by atoms with E-state index < -0.39 is 0 Å². The molecule has 25 heavy (non-hydrogen) atoms. The summed E-state index contributed by atoms with van der Waals surface area (Å²) in [5.41, 5.74) is 7.87. The molecule has 0 radical (unpaired) electrons. The van der Waals surface area contributed by atoms with Crippen molar-refractivity contribution in [1.29, 1.82) is 0 Å². The zero-order chi connectivity index (χ0) is 18.2. The molecule has 140 valence electrons. The molecule has 0 bridgehead atoms. The van der Waals surface area contributed by atoms with Gasteiger partial charge in [-0.25, -0.2) is 0 Å². The molecule has 0 fully saturated rings. The quantitative estimate of drug-likeness (QED) is 0.659. The Kier molecular flexibility index (Phi) is 7.56. The fraction of sp³-hybridized carbons (Fsp3) is 0.650. The Balaban J connectivity index is 1.81. The van der Waals surface area contributed by atoms with Crippen molar-refractivity contribution in [3.8, 4) is 11.5 Å². The van der Waals surface area contributed by atoms with Crippen LogP contribution in [-0.2, 0) is 17.8 Å². The minimum atomic E-state index is -0.187. The van der Waals surface area contributed by atoms with E-state index >= 15 is 0 Å². The largest absolute Gasteiger partial charge is 0.493 e. The summed E-state index contributed by atoms with van der Waals surface area (Å²) < 4.78 is 10.9. The van der Waals surface area contributed by atoms with Crippen LogP contribution >= 0.6 is 0 Å². The first-order valence-corrected chi connectivity index (χ1v) is 9.31. The number of fused-ring (bicyclic) bond motifs is 1. The smallest absolute Gasteiger partial charge is 0.217 e. The Morgan fingerprint density at radius 3 is 2.32 bits per heavy atom. The number of ether oxygens (including phenoxy) is 2. The van der Waals surface area contributed by atoms with Gasteiger partial charge in [0.05, 0.1) is 14.2 Å². The number of nitrogens with zero attached hydrogens (tertiary/aromatic N) is 1. The number of carbonyl (C=O) groups is 1. The van der Waals surface area contributed by atoms with Crippen LogP contribution in [0.5, 0.6) is 11.5 Å². The molecule has 0 aromatic heterocycles. The molecule has 1 aromatic carbocycles. The number of hydrogen-bond donors (Lipinski definition) is 1. The molecule has 0 saturated carbocycles. The van der Waals surface area contributed by atoms with Crippen LogP contribution in [0.25, 0.3) is 0 Å². The first-order chi connectivity index (χ1) is 12.0. The predicted molar refractivity (Wildman–Crippen MR) is 100 cm³/mol. The number of rotatable bonds is 10. The number of methoxy groups -OCH3 is 2. The Bertz CT molecular complexity index is 574. The van der Waals surface area contributed by atoms with Gasteiger partial charge < -0.3 is 15.2 Å². The third kappa shape index (κ3) is 5.63. The minimum Gasteiger partial charge on any atom is -0.493 e. The number of unbranched alkanes of at least 4 members (excludes halogenated alkanes) is 4. The average molecular weight is 348 g/mol. The van der Waals surface area contributed by atoms with Crippen molar-refractivity contribution >= 4 is 5.91 Å². The molecular formula is C20H32N2O3. The van der Waals surface area contributed by atoms with E-state index in [1.54, 1.807) is 14.2 Å². The summed E-state index contributed by atoms with van der Waals surface area (Å²) in [6, 6.07) is 4.79. The topological polar surface area (TPSA) is 64.8 Å². The van der Waals surface area contributed by atoms with Crippen LogP contribution < -0.4 is 15.2 Å². The Labute approximate surface area is 151 Å². The highest BCUT2D eigenvalue weighted by atomic mass is 16.5. The van der Waals surface area contributed by atoms with Crippen molar-refractivity contribution in [3.63, 3.8) is 0 Å². The van der Waals surface area contributed by atoms with E-state index in [1.165, 1.54) is 30.4 Å². The van der Waals surface area contributed by atoms with Gasteiger partial charge in [-0.15, -0.1) is 0 Å². The Morgan fingerprint density at radius 1 is 1.08 bits per heavy atom. The maximum absolute atomic E-state index is 10.7. The van der Waals surface area contributed by atoms with Crippen LogP contribution in [0.3, 0.4) is 0 Å². The molecular weight excluding hydrogens is 316 g/mol. The summed E-state index contributed by atoms with van der Waals surface area (Å²) in [5.74, 6) is 1.44. The summed E-state index contributed by atoms with van der Waals surface area (Å²) in [5, 5.41) is 0. The lowest BCUT2D eigenvalue weighted by molar-refractivity contribution is -0.118. The van der Waals surface area contributed by atoms with Crippen LogP contribution in [0.15, 0.2) is 12.1 Å². The molecule has 1 amide bonds. The van der Waals surface area contributed by atoms with Crippen molar-refractivity contribution < 1.29 is 14.3 Å². The molecule has 1 aliphatic heterocycles. The first kappa shape index (κ1) is 19.6. The van der Waals surface area contributed by atoms with Crippen LogP contribution in [0.4, 0.5) is 0 Å². The van der Waals surface area contributed by atoms with E-state index in [0.29, 0.717) is 12.5 Å². The summed E-state index contributed by atoms with van der Waals surface area (Å²) in [4.78, 5) is 13.3. The summed E-state index contributed by atoms with van der Waals surface area (Å²) in [7, 11) is 3.37. The second-order valence-corrected chi connectivity index (χ2v) is 6.98. The second kappa shape index (κ2) is 9.66. The number of nitrogens with two attached hydrogens (primary N) is 1. The van der Waals surface area contributed by atoms with Crippen LogP contribution in [-0.4, -0.2) is 37.6 Å². The van der Waals surface area contributed by atoms with Gasteiger partial charge in [0.2, 0.25) is 5.91 Å². The van der Waals surface area contributed by atoms with E-state index in [2.05, 4.69) is 24.0 Å². The van der Waals surface area contributed by atoms with Gasteiger partial charge in [-0.05, 0) is 56.0 Å². The highest BCUT2D eigenvalue weighted by Crippen LogP contribution is 2.34. The Hall–Kier alpha value is -1.75. The molecule has 1 atom stereocenters. The minimum absolute atomic E-state index is 0.187. The zero-order valence-electron chi connectivity index (χ0n) is 15.8. The number of amides is 1. The van der Waals surface area contributed by atoms with Gasteiger partial charge in [0.25, 0.3) is 0 Å². The van der Waals surface area contributed by atoms with E-state index in [-0.39, 0.29) is 5.91 Å². The van der Waals surface area contributed by atoms with Crippen LogP contribution in [0.2, 0.25) is 0 Å². The zero-order valence-corrected chi connectivity index (χ0v) is 15.8. The molecule has 5 heteroatoms. The molecule has 1 aromatic rings. The lowest BCUT2D eigenvalue weighted by Gasteiger charge is -2.35. The number of primary amides is 1. The molecule has 0 saturated heterocycles. The van der Waals surface area contributed by atoms with Gasteiger partial charge in [0.1, 0.15) is 0 Å². The van der Waals surface area contributed by atoms with Crippen molar-refractivity contribution in [2.24, 2.45) is 5.73 Å². The lowest BCUT2D eigenvalue weighted by atomic mass is 9.93. The standard InChI is InChI=1S/C20H32N2O3/c1-15-11-16-12-18(24-2)19(25-3)13-17(16)14-22(15)10-8-6-4-5-7-9-20(21)23/h12-13,15H,4-11,14H2,1-3H3,(H2,21,23). The average Bonchev–Trinajstić information content (AvgIpc) is 2.59. The van der Waals surface area contributed by atoms with Gasteiger partial charge >= 0.3 is 0 Å². The normalized spacial score (nSPS) is 17.2. The second-order valence-electron chi connectivity index (χ2n) is 6.98. The lowest BCUT2D eigenvalue weighted by Crippen LogP contribution is -2.38. The highest BCUT2D eigenvalue weighted by Gasteiger charge is 2.24. The van der Waals surface area contributed by atoms with E-state index in [1.807, 2.05) is 0 Å². The van der Waals surface area contributed by atoms with E-state index in [9.17, 15) is 4.79 Å². The van der Waals surface area contributed by atoms with Crippen molar-refractivity contribution in [1.82, 2.24) is 4.90 Å². The highest BCUT2D eigenvalue weighted by molar-refractivity contribution is 5.73.